The third-order valence-electron chi connectivity index (χ3n) is 4.22. The van der Waals surface area contributed by atoms with Gasteiger partial charge in [0.1, 0.15) is 22.7 Å². The summed E-state index contributed by atoms with van der Waals surface area (Å²) >= 11 is -0.0284. The molecule has 24 heavy (non-hydrogen) atoms. The van der Waals surface area contributed by atoms with E-state index in [-0.39, 0.29) is 17.9 Å². The zero-order chi connectivity index (χ0) is 17.3. The molecular weight excluding hydrogens is 340 g/mol. The second-order valence-electron chi connectivity index (χ2n) is 5.89. The van der Waals surface area contributed by atoms with Crippen LogP contribution < -0.4 is 0 Å². The molecule has 3 rings (SSSR count). The Morgan fingerprint density at radius 1 is 1.25 bits per heavy atom. The molecule has 130 valence electrons. The van der Waals surface area contributed by atoms with Gasteiger partial charge in [0.2, 0.25) is 0 Å². The molecule has 8 heteroatoms. The first kappa shape index (κ1) is 17.0. The number of nitrogens with zero attached hydrogens (tertiary/aromatic N) is 1. The van der Waals surface area contributed by atoms with Gasteiger partial charge < -0.3 is 14.7 Å². The van der Waals surface area contributed by atoms with Crippen LogP contribution in [0.25, 0.3) is 0 Å². The van der Waals surface area contributed by atoms with Crippen LogP contribution in [0.2, 0.25) is 0 Å². The van der Waals surface area contributed by atoms with Crippen molar-refractivity contribution in [3.8, 4) is 0 Å². The first-order valence-electron chi connectivity index (χ1n) is 7.79. The van der Waals surface area contributed by atoms with Gasteiger partial charge >= 0.3 is 17.2 Å². The Bertz CT molecular complexity index is 638. The lowest BCUT2D eigenvalue weighted by Gasteiger charge is -2.40. The number of allylic oxidation sites excluding steroid dienone is 2. The fourth-order valence-electron chi connectivity index (χ4n) is 3.08. The van der Waals surface area contributed by atoms with Crippen molar-refractivity contribution in [3.63, 3.8) is 0 Å². The molecule has 1 atom stereocenters. The molecule has 5 nitrogen and oxygen atoms in total. The van der Waals surface area contributed by atoms with Crippen LogP contribution in [0.15, 0.2) is 35.0 Å². The average molecular weight is 357 g/mol. The molecule has 0 radical (unpaired) electrons. The maximum Gasteiger partial charge on any atom is 0.354 e. The van der Waals surface area contributed by atoms with Crippen LogP contribution in [0.5, 0.6) is 0 Å². The quantitative estimate of drug-likeness (QED) is 0.782. The lowest BCUT2D eigenvalue weighted by atomic mass is 9.98. The summed E-state index contributed by atoms with van der Waals surface area (Å²) in [7, 11) is 0. The Morgan fingerprint density at radius 3 is 2.62 bits per heavy atom. The van der Waals surface area contributed by atoms with Crippen molar-refractivity contribution in [1.82, 2.24) is 4.90 Å². The Hall–Kier alpha value is -1.83. The molecule has 0 aromatic heterocycles. The molecule has 1 unspecified atom stereocenters. The highest BCUT2D eigenvalue weighted by Gasteiger charge is 2.52. The Balaban J connectivity index is 1.92. The highest BCUT2D eigenvalue weighted by Crippen LogP contribution is 2.48. The second kappa shape index (κ2) is 6.58. The van der Waals surface area contributed by atoms with Crippen molar-refractivity contribution in [1.29, 1.82) is 0 Å². The average Bonchev–Trinajstić information content (AvgIpc) is 2.55. The number of ether oxygens (including phenoxy) is 1. The summed E-state index contributed by atoms with van der Waals surface area (Å²) in [5, 5.41) is 6.12. The number of carbonyl (C=O) groups excluding carboxylic acids is 1. The zero-order valence-electron chi connectivity index (χ0n) is 12.8. The van der Waals surface area contributed by atoms with Crippen molar-refractivity contribution in [2.75, 3.05) is 0 Å². The van der Waals surface area contributed by atoms with Crippen LogP contribution in [0, 0.1) is 0 Å². The third-order valence-corrected chi connectivity index (χ3v) is 5.30. The van der Waals surface area contributed by atoms with Crippen LogP contribution >= 0.6 is 11.8 Å². The normalized spacial score (nSPS) is 26.2. The Kier molecular flexibility index (Phi) is 4.67. The van der Waals surface area contributed by atoms with Gasteiger partial charge in [-0.25, -0.2) is 9.59 Å². The first-order valence-corrected chi connectivity index (χ1v) is 8.60. The lowest BCUT2D eigenvalue weighted by Crippen LogP contribution is -2.48. The standard InChI is InChI=1S/C16H17F2NO4S/c17-16(18)11-8-4-5-9-19(11)12(14(20)21)13(24-16)15(22)23-10-6-2-1-3-7-10/h4-5,8-11H,1-3,6-7H2,(H,20,21). The first-order chi connectivity index (χ1) is 11.4. The molecule has 2 aliphatic heterocycles. The van der Waals surface area contributed by atoms with Crippen LogP contribution in [0.4, 0.5) is 8.78 Å². The molecule has 1 fully saturated rings. The molecule has 2 heterocycles. The topological polar surface area (TPSA) is 66.8 Å². The summed E-state index contributed by atoms with van der Waals surface area (Å²) < 4.78 is 34.0. The van der Waals surface area contributed by atoms with Gasteiger partial charge in [0.05, 0.1) is 0 Å². The van der Waals surface area contributed by atoms with Crippen LogP contribution in [0.3, 0.4) is 0 Å². The predicted octanol–water partition coefficient (Wildman–Crippen LogP) is 3.25. The van der Waals surface area contributed by atoms with Crippen LogP contribution in [0.1, 0.15) is 32.1 Å². The van der Waals surface area contributed by atoms with Crippen molar-refractivity contribution in [2.45, 2.75) is 49.5 Å². The van der Waals surface area contributed by atoms with E-state index in [9.17, 15) is 23.5 Å². The molecule has 0 amide bonds. The zero-order valence-corrected chi connectivity index (χ0v) is 13.6. The number of aliphatic carboxylic acids is 1. The highest BCUT2D eigenvalue weighted by atomic mass is 32.2. The van der Waals surface area contributed by atoms with Gasteiger partial charge in [-0.15, -0.1) is 0 Å². The van der Waals surface area contributed by atoms with Crippen LogP contribution in [-0.4, -0.2) is 39.3 Å². The number of thioether (sulfide) groups is 1. The predicted molar refractivity (Wildman–Crippen MR) is 84.1 cm³/mol. The van der Waals surface area contributed by atoms with E-state index in [4.69, 9.17) is 4.74 Å². The fraction of sp³-hybridized carbons (Fsp3) is 0.500. The number of rotatable bonds is 3. The van der Waals surface area contributed by atoms with Gasteiger partial charge in [0.15, 0.2) is 0 Å². The second-order valence-corrected chi connectivity index (χ2v) is 7.05. The lowest BCUT2D eigenvalue weighted by molar-refractivity contribution is -0.146. The van der Waals surface area contributed by atoms with E-state index in [0.29, 0.717) is 12.8 Å². The van der Waals surface area contributed by atoms with Crippen molar-refractivity contribution < 1.29 is 28.2 Å². The maximum absolute atomic E-state index is 14.4. The van der Waals surface area contributed by atoms with Crippen molar-refractivity contribution in [3.05, 3.63) is 35.0 Å². The number of halogens is 2. The van der Waals surface area contributed by atoms with Gasteiger partial charge in [-0.05, 0) is 43.5 Å². The molecule has 0 aromatic rings. The molecule has 0 saturated heterocycles. The van der Waals surface area contributed by atoms with Gasteiger partial charge in [0, 0.05) is 6.20 Å². The third kappa shape index (κ3) is 3.19. The molecule has 1 saturated carbocycles. The van der Waals surface area contributed by atoms with Crippen molar-refractivity contribution in [2.24, 2.45) is 0 Å². The summed E-state index contributed by atoms with van der Waals surface area (Å²) in [4.78, 5) is 24.4. The highest BCUT2D eigenvalue weighted by molar-refractivity contribution is 8.05. The summed E-state index contributed by atoms with van der Waals surface area (Å²) in [6.07, 6.45) is 9.25. The van der Waals surface area contributed by atoms with E-state index >= 15 is 0 Å². The molecule has 1 aliphatic carbocycles. The van der Waals surface area contributed by atoms with Crippen molar-refractivity contribution >= 4 is 23.7 Å². The van der Waals surface area contributed by atoms with Gasteiger partial charge in [-0.2, -0.15) is 8.78 Å². The fourth-order valence-corrected chi connectivity index (χ4v) is 4.09. The van der Waals surface area contributed by atoms with E-state index in [1.54, 1.807) is 0 Å². The monoisotopic (exact) mass is 357 g/mol. The number of fused-ring (bicyclic) bond motifs is 1. The molecule has 1 N–H and O–H groups in total. The van der Waals surface area contributed by atoms with E-state index in [2.05, 4.69) is 0 Å². The summed E-state index contributed by atoms with van der Waals surface area (Å²) in [6.45, 7) is 0. The molecular formula is C16H17F2NO4S. The molecule has 3 aliphatic rings. The summed E-state index contributed by atoms with van der Waals surface area (Å²) in [5.74, 6) is -2.41. The number of alkyl halides is 2. The van der Waals surface area contributed by atoms with Gasteiger partial charge in [-0.3, -0.25) is 0 Å². The van der Waals surface area contributed by atoms with E-state index in [1.807, 2.05) is 0 Å². The smallest absolute Gasteiger partial charge is 0.354 e. The molecule has 0 bridgehead atoms. The number of hydrogen-bond acceptors (Lipinski definition) is 5. The van der Waals surface area contributed by atoms with Crippen LogP contribution in [-0.2, 0) is 14.3 Å². The maximum atomic E-state index is 14.4. The minimum atomic E-state index is -3.33. The number of carbonyl (C=O) groups is 2. The number of esters is 1. The van der Waals surface area contributed by atoms with E-state index in [0.717, 1.165) is 24.2 Å². The summed E-state index contributed by atoms with van der Waals surface area (Å²) in [6, 6.07) is -1.44. The van der Waals surface area contributed by atoms with E-state index in [1.165, 1.54) is 24.4 Å². The number of hydrogen-bond donors (Lipinski definition) is 1. The number of carboxylic acid groups (broad SMARTS) is 1. The largest absolute Gasteiger partial charge is 0.477 e. The summed E-state index contributed by atoms with van der Waals surface area (Å²) in [5.41, 5.74) is -0.461. The van der Waals surface area contributed by atoms with Gasteiger partial charge in [-0.1, -0.05) is 18.6 Å². The Labute approximate surface area is 142 Å². The SMILES string of the molecule is O=C(O)C1=C(C(=O)OC2CCCCC2)SC(F)(F)C2C=CC=CN12. The number of carboxylic acids is 1. The molecule has 0 spiro atoms. The Morgan fingerprint density at radius 2 is 1.96 bits per heavy atom. The van der Waals surface area contributed by atoms with E-state index < -0.39 is 33.8 Å². The minimum Gasteiger partial charge on any atom is -0.477 e. The van der Waals surface area contributed by atoms with Gasteiger partial charge in [0.25, 0.3) is 0 Å². The molecule has 0 aromatic carbocycles. The minimum absolute atomic E-state index is 0.0284.